The van der Waals surface area contributed by atoms with Gasteiger partial charge in [-0.1, -0.05) is 11.6 Å². The van der Waals surface area contributed by atoms with Crippen LogP contribution < -0.4 is 5.73 Å². The van der Waals surface area contributed by atoms with Gasteiger partial charge in [0.1, 0.15) is 30.2 Å². The first kappa shape index (κ1) is 20.5. The van der Waals surface area contributed by atoms with Crippen LogP contribution in [0, 0.1) is 0 Å². The lowest BCUT2D eigenvalue weighted by Gasteiger charge is -2.19. The van der Waals surface area contributed by atoms with Crippen molar-refractivity contribution in [1.29, 1.82) is 0 Å². The summed E-state index contributed by atoms with van der Waals surface area (Å²) in [5.41, 5.74) is 6.85. The molecule has 0 radical (unpaired) electrons. The molecule has 3 aromatic heterocycles. The fourth-order valence-corrected chi connectivity index (χ4v) is 4.67. The molecule has 1 aliphatic heterocycles. The second kappa shape index (κ2) is 8.50. The van der Waals surface area contributed by atoms with Crippen LogP contribution in [-0.2, 0) is 20.6 Å². The van der Waals surface area contributed by atoms with Crippen molar-refractivity contribution < 1.29 is 19.3 Å². The molecule has 1 aliphatic rings. The smallest absolute Gasteiger partial charge is 0.167 e. The van der Waals surface area contributed by atoms with E-state index in [9.17, 15) is 5.11 Å². The summed E-state index contributed by atoms with van der Waals surface area (Å²) in [7, 11) is 1.53. The number of anilines is 1. The van der Waals surface area contributed by atoms with Crippen molar-refractivity contribution in [2.75, 3.05) is 19.5 Å². The number of nitrogens with zero attached hydrogens (tertiary/aromatic N) is 4. The summed E-state index contributed by atoms with van der Waals surface area (Å²) in [6, 6.07) is 1.87. The van der Waals surface area contributed by atoms with Crippen LogP contribution in [0.5, 0.6) is 0 Å². The highest BCUT2D eigenvalue weighted by Gasteiger charge is 2.45. The van der Waals surface area contributed by atoms with Crippen molar-refractivity contribution in [1.82, 2.24) is 19.5 Å². The van der Waals surface area contributed by atoms with Crippen molar-refractivity contribution in [3.63, 3.8) is 0 Å². The summed E-state index contributed by atoms with van der Waals surface area (Å²) < 4.78 is 19.2. The SMILES string of the molecule is CO[C@@H]1[C@H](O)[C@@H](CO[C@H](C)Cc2sccc2Cl)O[C@H]1n1cnc2c(N)ncnc21. The van der Waals surface area contributed by atoms with Crippen LogP contribution in [0.1, 0.15) is 18.0 Å². The first-order chi connectivity index (χ1) is 14.0. The molecule has 1 fully saturated rings. The van der Waals surface area contributed by atoms with E-state index < -0.39 is 24.5 Å². The van der Waals surface area contributed by atoms with Gasteiger partial charge >= 0.3 is 0 Å². The maximum atomic E-state index is 10.7. The molecule has 0 unspecified atom stereocenters. The lowest BCUT2D eigenvalue weighted by atomic mass is 10.1. The molecule has 1 saturated heterocycles. The van der Waals surface area contributed by atoms with Crippen LogP contribution in [0.4, 0.5) is 5.82 Å². The summed E-state index contributed by atoms with van der Waals surface area (Å²) in [5.74, 6) is 0.280. The Kier molecular flexibility index (Phi) is 6.00. The van der Waals surface area contributed by atoms with Gasteiger partial charge in [0.05, 0.1) is 24.1 Å². The fraction of sp³-hybridized carbons (Fsp3) is 0.500. The largest absolute Gasteiger partial charge is 0.387 e. The maximum Gasteiger partial charge on any atom is 0.167 e. The normalized spacial score (nSPS) is 25.7. The lowest BCUT2D eigenvalue weighted by molar-refractivity contribution is -0.0794. The van der Waals surface area contributed by atoms with Crippen molar-refractivity contribution in [3.8, 4) is 0 Å². The Labute approximate surface area is 176 Å². The Bertz CT molecular complexity index is 982. The topological polar surface area (TPSA) is 118 Å². The number of aromatic nitrogens is 4. The molecule has 156 valence electrons. The minimum Gasteiger partial charge on any atom is -0.387 e. The van der Waals surface area contributed by atoms with Crippen LogP contribution in [0.15, 0.2) is 24.1 Å². The van der Waals surface area contributed by atoms with Crippen LogP contribution in [0.2, 0.25) is 5.02 Å². The van der Waals surface area contributed by atoms with Gasteiger partial charge < -0.3 is 25.1 Å². The molecule has 3 N–H and O–H groups in total. The van der Waals surface area contributed by atoms with E-state index in [1.807, 2.05) is 18.4 Å². The van der Waals surface area contributed by atoms with Crippen molar-refractivity contribution in [2.45, 2.75) is 44.0 Å². The average molecular weight is 440 g/mol. The molecule has 9 nitrogen and oxygen atoms in total. The number of methoxy groups -OCH3 is 1. The predicted molar refractivity (Wildman–Crippen MR) is 109 cm³/mol. The minimum absolute atomic E-state index is 0.0800. The lowest BCUT2D eigenvalue weighted by Crippen LogP contribution is -2.36. The second-order valence-corrected chi connectivity index (χ2v) is 8.29. The van der Waals surface area contributed by atoms with E-state index in [0.29, 0.717) is 17.6 Å². The number of hydrogen-bond acceptors (Lipinski definition) is 9. The Morgan fingerprint density at radius 1 is 1.41 bits per heavy atom. The first-order valence-corrected chi connectivity index (χ1v) is 10.4. The molecule has 0 amide bonds. The molecule has 5 atom stereocenters. The standard InChI is InChI=1S/C18H22ClN5O4S/c1-9(5-12-10(19)3-4-29-12)27-6-11-14(25)15(26-2)18(28-11)24-8-23-13-16(20)21-7-22-17(13)24/h3-4,7-9,11,14-15,18,25H,5-6H2,1-2H3,(H2,20,21,22)/t9-,11-,14-,15-,18-/m1/s1. The number of aliphatic hydroxyl groups excluding tert-OH is 1. The van der Waals surface area contributed by atoms with E-state index in [0.717, 1.165) is 9.90 Å². The summed E-state index contributed by atoms with van der Waals surface area (Å²) in [4.78, 5) is 13.5. The van der Waals surface area contributed by atoms with Crippen molar-refractivity contribution >= 4 is 39.9 Å². The molecule has 0 saturated carbocycles. The number of nitrogens with two attached hydrogens (primary N) is 1. The first-order valence-electron chi connectivity index (χ1n) is 9.12. The minimum atomic E-state index is -0.876. The van der Waals surface area contributed by atoms with Gasteiger partial charge in [0.15, 0.2) is 17.7 Å². The molecule has 0 aromatic carbocycles. The maximum absolute atomic E-state index is 10.7. The summed E-state index contributed by atoms with van der Waals surface area (Å²) >= 11 is 7.75. The van der Waals surface area contributed by atoms with Gasteiger partial charge in [-0.05, 0) is 18.4 Å². The third kappa shape index (κ3) is 3.96. The number of aliphatic hydroxyl groups is 1. The van der Waals surface area contributed by atoms with Crippen LogP contribution in [0.25, 0.3) is 11.2 Å². The highest BCUT2D eigenvalue weighted by Crippen LogP contribution is 2.34. The van der Waals surface area contributed by atoms with Gasteiger partial charge in [0.2, 0.25) is 0 Å². The number of thiophene rings is 1. The number of nitrogen functional groups attached to an aromatic ring is 1. The quantitative estimate of drug-likeness (QED) is 0.574. The number of hydrogen-bond donors (Lipinski definition) is 2. The van der Waals surface area contributed by atoms with E-state index in [-0.39, 0.29) is 18.5 Å². The third-order valence-electron chi connectivity index (χ3n) is 4.96. The average Bonchev–Trinajstić information content (AvgIpc) is 3.38. The van der Waals surface area contributed by atoms with Gasteiger partial charge in [-0.2, -0.15) is 0 Å². The molecular formula is C18H22ClN5O4S. The van der Waals surface area contributed by atoms with Gasteiger partial charge in [-0.25, -0.2) is 15.0 Å². The monoisotopic (exact) mass is 439 g/mol. The van der Waals surface area contributed by atoms with Gasteiger partial charge in [0, 0.05) is 18.4 Å². The zero-order valence-electron chi connectivity index (χ0n) is 15.9. The molecule has 29 heavy (non-hydrogen) atoms. The van der Waals surface area contributed by atoms with E-state index in [4.69, 9.17) is 31.5 Å². The Balaban J connectivity index is 1.46. The Hall–Kier alpha value is -1.82. The Morgan fingerprint density at radius 3 is 2.97 bits per heavy atom. The van der Waals surface area contributed by atoms with E-state index in [1.54, 1.807) is 22.2 Å². The molecule has 0 aliphatic carbocycles. The summed E-state index contributed by atoms with van der Waals surface area (Å²) in [6.07, 6.45) is 0.860. The van der Waals surface area contributed by atoms with Crippen LogP contribution >= 0.6 is 22.9 Å². The van der Waals surface area contributed by atoms with Gasteiger partial charge in [-0.15, -0.1) is 11.3 Å². The number of imidazole rings is 1. The zero-order valence-corrected chi connectivity index (χ0v) is 17.5. The summed E-state index contributed by atoms with van der Waals surface area (Å²) in [5, 5.41) is 13.4. The van der Waals surface area contributed by atoms with Crippen molar-refractivity contribution in [3.05, 3.63) is 34.0 Å². The number of rotatable bonds is 7. The molecule has 3 aromatic rings. The molecule has 4 rings (SSSR count). The molecule has 4 heterocycles. The molecular weight excluding hydrogens is 418 g/mol. The third-order valence-corrected chi connectivity index (χ3v) is 6.36. The molecule has 0 spiro atoms. The van der Waals surface area contributed by atoms with Gasteiger partial charge in [-0.3, -0.25) is 4.57 Å². The summed E-state index contributed by atoms with van der Waals surface area (Å²) in [6.45, 7) is 2.18. The van der Waals surface area contributed by atoms with Gasteiger partial charge in [0.25, 0.3) is 0 Å². The van der Waals surface area contributed by atoms with Crippen LogP contribution in [-0.4, -0.2) is 62.8 Å². The Morgan fingerprint density at radius 2 is 2.24 bits per heavy atom. The number of ether oxygens (including phenoxy) is 3. The predicted octanol–water partition coefficient (Wildman–Crippen LogP) is 2.04. The second-order valence-electron chi connectivity index (χ2n) is 6.88. The van der Waals surface area contributed by atoms with E-state index in [2.05, 4.69) is 15.0 Å². The zero-order chi connectivity index (χ0) is 20.5. The van der Waals surface area contributed by atoms with Crippen molar-refractivity contribution in [2.24, 2.45) is 0 Å². The highest BCUT2D eigenvalue weighted by molar-refractivity contribution is 7.10. The van der Waals surface area contributed by atoms with E-state index in [1.165, 1.54) is 13.4 Å². The molecule has 11 heteroatoms. The fourth-order valence-electron chi connectivity index (χ4n) is 3.44. The highest BCUT2D eigenvalue weighted by atomic mass is 35.5. The molecule has 0 bridgehead atoms. The van der Waals surface area contributed by atoms with E-state index >= 15 is 0 Å². The van der Waals surface area contributed by atoms with Crippen LogP contribution in [0.3, 0.4) is 0 Å². The number of halogens is 1. The number of fused-ring (bicyclic) bond motifs is 1.